The lowest BCUT2D eigenvalue weighted by atomic mass is 9.49. The maximum atomic E-state index is 13.1. The Kier molecular flexibility index (Phi) is 5.10. The molecule has 0 heterocycles. The molecule has 5 fully saturated rings. The Bertz CT molecular complexity index is 735. The summed E-state index contributed by atoms with van der Waals surface area (Å²) in [5.74, 6) is 4.24. The van der Waals surface area contributed by atoms with Crippen LogP contribution in [-0.4, -0.2) is 35.2 Å². The molecule has 4 nitrogen and oxygen atoms in total. The lowest BCUT2D eigenvalue weighted by Crippen LogP contribution is -2.51. The van der Waals surface area contributed by atoms with E-state index in [9.17, 15) is 9.90 Å². The topological polar surface area (TPSA) is 50.9 Å². The minimum atomic E-state index is -0.450. The lowest BCUT2D eigenvalue weighted by molar-refractivity contribution is -0.136. The zero-order valence-corrected chi connectivity index (χ0v) is 18.9. The average Bonchev–Trinajstić information content (AvgIpc) is 3.40. The van der Waals surface area contributed by atoms with E-state index in [4.69, 9.17) is 11.3 Å². The fourth-order valence-electron chi connectivity index (χ4n) is 8.49. The van der Waals surface area contributed by atoms with E-state index in [1.54, 1.807) is 0 Å². The summed E-state index contributed by atoms with van der Waals surface area (Å²) in [7, 11) is 0. The number of Topliss-reactive ketones (excluding diaryl/α,β-unsaturated/α-hetero) is 1. The van der Waals surface area contributed by atoms with Crippen LogP contribution < -0.4 is 0 Å². The average molecular weight is 414 g/mol. The van der Waals surface area contributed by atoms with Crippen LogP contribution in [-0.2, 0) is 9.53 Å². The third kappa shape index (κ3) is 3.45. The van der Waals surface area contributed by atoms with Crippen molar-refractivity contribution in [3.8, 4) is 0 Å². The molecule has 0 amide bonds. The molecule has 30 heavy (non-hydrogen) atoms. The first-order chi connectivity index (χ1) is 14.3. The number of carbonyl (C=O) groups excluding carboxylic acids is 1. The van der Waals surface area contributed by atoms with Gasteiger partial charge in [-0.15, -0.1) is 0 Å². The Morgan fingerprint density at radius 2 is 1.77 bits per heavy atom. The summed E-state index contributed by atoms with van der Waals surface area (Å²) in [5.41, 5.74) is -0.607. The molecule has 4 heteroatoms. The highest BCUT2D eigenvalue weighted by atomic mass is 16.5. The molecule has 0 aromatic heterocycles. The van der Waals surface area contributed by atoms with Crippen molar-refractivity contribution in [3.63, 3.8) is 0 Å². The fourth-order valence-corrected chi connectivity index (χ4v) is 8.49. The first-order valence-corrected chi connectivity index (χ1v) is 12.5. The minimum Gasteiger partial charge on any atom is -0.390 e. The summed E-state index contributed by atoms with van der Waals surface area (Å²) in [4.78, 5) is 16.8. The quantitative estimate of drug-likeness (QED) is 0.642. The summed E-state index contributed by atoms with van der Waals surface area (Å²) >= 11 is 0. The number of fused-ring (bicyclic) bond motifs is 5. The highest BCUT2D eigenvalue weighted by molar-refractivity contribution is 5.83. The van der Waals surface area contributed by atoms with Gasteiger partial charge in [0.2, 0.25) is 0 Å². The molecule has 5 saturated carbocycles. The molecule has 0 spiro atoms. The van der Waals surface area contributed by atoms with E-state index >= 15 is 0 Å². The zero-order chi connectivity index (χ0) is 21.1. The molecule has 8 atom stereocenters. The lowest BCUT2D eigenvalue weighted by Gasteiger charge is -2.56. The number of nitrogens with zero attached hydrogens (tertiary/aromatic N) is 1. The predicted molar refractivity (Wildman–Crippen MR) is 116 cm³/mol. The molecular formula is C26H39NO3. The standard InChI is InChI=1S/C26H39NO3/c1-24(29)10-8-18-17(14-24)4-5-20-19(18)9-11-25(2)21(20)6-7-22(25)23(28)15-30-16-26(27-3)12-13-26/h17-22,29H,4-16H2,1-2H3/t17-,18+,19-,20-,21+,22-,24-,25+/m1/s1. The summed E-state index contributed by atoms with van der Waals surface area (Å²) in [6, 6.07) is 0. The van der Waals surface area contributed by atoms with Crippen molar-refractivity contribution in [3.05, 3.63) is 11.4 Å². The maximum absolute atomic E-state index is 13.1. The van der Waals surface area contributed by atoms with E-state index in [0.29, 0.717) is 24.2 Å². The van der Waals surface area contributed by atoms with Crippen molar-refractivity contribution in [2.45, 2.75) is 95.6 Å². The highest BCUT2D eigenvalue weighted by Crippen LogP contribution is 2.64. The summed E-state index contributed by atoms with van der Waals surface area (Å²) in [5, 5.41) is 10.6. The molecule has 166 valence electrons. The van der Waals surface area contributed by atoms with Gasteiger partial charge in [-0.05, 0) is 99.7 Å². The van der Waals surface area contributed by atoms with Gasteiger partial charge < -0.3 is 14.7 Å². The van der Waals surface area contributed by atoms with Gasteiger partial charge in [-0.1, -0.05) is 6.92 Å². The van der Waals surface area contributed by atoms with E-state index < -0.39 is 5.60 Å². The molecule has 5 rings (SSSR count). The molecule has 0 saturated heterocycles. The first kappa shape index (κ1) is 21.0. The third-order valence-corrected chi connectivity index (χ3v) is 10.3. The smallest absolute Gasteiger partial charge is 0.256 e. The van der Waals surface area contributed by atoms with Crippen molar-refractivity contribution in [2.24, 2.45) is 40.9 Å². The summed E-state index contributed by atoms with van der Waals surface area (Å²) in [6.07, 6.45) is 12.3. The Hall–Kier alpha value is -0.920. The fraction of sp³-hybridized carbons (Fsp3) is 0.923. The Labute approximate surface area is 182 Å². The van der Waals surface area contributed by atoms with E-state index in [1.807, 2.05) is 6.92 Å². The van der Waals surface area contributed by atoms with Crippen molar-refractivity contribution in [2.75, 3.05) is 13.2 Å². The Balaban J connectivity index is 1.23. The maximum Gasteiger partial charge on any atom is 0.256 e. The number of ether oxygens (including phenoxy) is 1. The molecule has 0 bridgehead atoms. The van der Waals surface area contributed by atoms with Gasteiger partial charge in [0.05, 0.1) is 5.60 Å². The SMILES string of the molecule is [C-]#[N+]C1(COCC(=O)[C@H]2CC[C@H]3[C@@H]4CC[C@@H]5C[C@](C)(O)CC[C@@H]5[C@H]4CC[C@]23C)CC1. The highest BCUT2D eigenvalue weighted by Gasteiger charge is 2.59. The monoisotopic (exact) mass is 413 g/mol. The van der Waals surface area contributed by atoms with Crippen molar-refractivity contribution < 1.29 is 14.6 Å². The molecule has 0 aromatic carbocycles. The number of rotatable bonds is 5. The normalized spacial score (nSPS) is 48.7. The second-order valence-electron chi connectivity index (χ2n) is 12.1. The third-order valence-electron chi connectivity index (χ3n) is 10.3. The number of hydrogen-bond acceptors (Lipinski definition) is 3. The largest absolute Gasteiger partial charge is 0.390 e. The number of aliphatic hydroxyl groups is 1. The molecule has 0 radical (unpaired) electrons. The van der Waals surface area contributed by atoms with Gasteiger partial charge in [-0.2, -0.15) is 0 Å². The summed E-state index contributed by atoms with van der Waals surface area (Å²) in [6.45, 7) is 12.4. The summed E-state index contributed by atoms with van der Waals surface area (Å²) < 4.78 is 5.76. The number of hydrogen-bond donors (Lipinski definition) is 1. The second kappa shape index (κ2) is 7.31. The molecular weight excluding hydrogens is 374 g/mol. The zero-order valence-electron chi connectivity index (χ0n) is 18.9. The second-order valence-corrected chi connectivity index (χ2v) is 12.1. The van der Waals surface area contributed by atoms with Crippen LogP contribution in [0.1, 0.15) is 84.5 Å². The van der Waals surface area contributed by atoms with Gasteiger partial charge in [-0.25, -0.2) is 6.57 Å². The molecule has 0 aliphatic heterocycles. The van der Waals surface area contributed by atoms with E-state index in [1.165, 1.54) is 38.5 Å². The van der Waals surface area contributed by atoms with Gasteiger partial charge in [0, 0.05) is 18.8 Å². The van der Waals surface area contributed by atoms with E-state index in [-0.39, 0.29) is 23.5 Å². The number of carbonyl (C=O) groups is 1. The van der Waals surface area contributed by atoms with Crippen LogP contribution in [0.15, 0.2) is 0 Å². The Morgan fingerprint density at radius 3 is 2.50 bits per heavy atom. The molecule has 1 N–H and O–H groups in total. The molecule has 5 aliphatic rings. The van der Waals surface area contributed by atoms with Crippen molar-refractivity contribution in [1.29, 1.82) is 0 Å². The van der Waals surface area contributed by atoms with E-state index in [0.717, 1.165) is 49.9 Å². The van der Waals surface area contributed by atoms with Gasteiger partial charge in [0.1, 0.15) is 13.2 Å². The molecule has 0 aromatic rings. The van der Waals surface area contributed by atoms with Crippen LogP contribution in [0.5, 0.6) is 0 Å². The predicted octanol–water partition coefficient (Wildman–Crippen LogP) is 5.04. The van der Waals surface area contributed by atoms with Crippen molar-refractivity contribution in [1.82, 2.24) is 0 Å². The first-order valence-electron chi connectivity index (χ1n) is 12.5. The van der Waals surface area contributed by atoms with Crippen LogP contribution >= 0.6 is 0 Å². The van der Waals surface area contributed by atoms with Gasteiger partial charge in [-0.3, -0.25) is 4.79 Å². The van der Waals surface area contributed by atoms with Crippen LogP contribution in [0.4, 0.5) is 0 Å². The minimum absolute atomic E-state index is 0.145. The van der Waals surface area contributed by atoms with E-state index in [2.05, 4.69) is 11.8 Å². The van der Waals surface area contributed by atoms with Crippen LogP contribution in [0.2, 0.25) is 0 Å². The molecule has 5 aliphatic carbocycles. The van der Waals surface area contributed by atoms with Crippen LogP contribution in [0.25, 0.3) is 4.85 Å². The van der Waals surface area contributed by atoms with Gasteiger partial charge in [0.15, 0.2) is 5.78 Å². The van der Waals surface area contributed by atoms with Crippen molar-refractivity contribution >= 4 is 5.78 Å². The Morgan fingerprint density at radius 1 is 1.00 bits per heavy atom. The van der Waals surface area contributed by atoms with Gasteiger partial charge >= 0.3 is 0 Å². The van der Waals surface area contributed by atoms with Gasteiger partial charge in [0.25, 0.3) is 5.54 Å². The van der Waals surface area contributed by atoms with Crippen LogP contribution in [0.3, 0.4) is 0 Å². The number of ketones is 1. The van der Waals surface area contributed by atoms with Crippen LogP contribution in [0, 0.1) is 47.5 Å². The molecule has 0 unspecified atom stereocenters.